The fourth-order valence-corrected chi connectivity index (χ4v) is 1.72. The van der Waals surface area contributed by atoms with E-state index in [4.69, 9.17) is 4.74 Å². The van der Waals surface area contributed by atoms with Gasteiger partial charge < -0.3 is 19.9 Å². The minimum Gasteiger partial charge on any atom is -0.444 e. The van der Waals surface area contributed by atoms with Gasteiger partial charge in [-0.05, 0) is 40.7 Å². The number of amides is 1. The molecular formula is C14H26N4O2. The predicted octanol–water partition coefficient (Wildman–Crippen LogP) is 1.78. The predicted molar refractivity (Wildman–Crippen MR) is 78.5 cm³/mol. The molecule has 1 rings (SSSR count). The molecule has 0 aromatic carbocycles. The second-order valence-electron chi connectivity index (χ2n) is 5.90. The quantitative estimate of drug-likeness (QED) is 0.748. The molecule has 0 saturated heterocycles. The van der Waals surface area contributed by atoms with Crippen molar-refractivity contribution in [1.29, 1.82) is 0 Å². The maximum absolute atomic E-state index is 11.4. The van der Waals surface area contributed by atoms with Crippen molar-refractivity contribution in [3.8, 4) is 0 Å². The summed E-state index contributed by atoms with van der Waals surface area (Å²) < 4.78 is 7.19. The highest BCUT2D eigenvalue weighted by Gasteiger charge is 2.15. The van der Waals surface area contributed by atoms with Gasteiger partial charge in [0.25, 0.3) is 0 Å². The van der Waals surface area contributed by atoms with Crippen LogP contribution in [0, 0.1) is 0 Å². The topological polar surface area (TPSA) is 68.2 Å². The van der Waals surface area contributed by atoms with Gasteiger partial charge in [-0.2, -0.15) is 0 Å². The largest absolute Gasteiger partial charge is 0.444 e. The Kier molecular flexibility index (Phi) is 6.51. The Labute approximate surface area is 120 Å². The molecule has 0 aliphatic rings. The summed E-state index contributed by atoms with van der Waals surface area (Å²) >= 11 is 0. The molecule has 0 saturated carbocycles. The van der Waals surface area contributed by atoms with Gasteiger partial charge in [0.1, 0.15) is 5.60 Å². The zero-order chi connectivity index (χ0) is 15.0. The molecule has 114 valence electrons. The van der Waals surface area contributed by atoms with Gasteiger partial charge in [0.15, 0.2) is 0 Å². The minimum absolute atomic E-state index is 0.357. The molecule has 0 spiro atoms. The molecular weight excluding hydrogens is 256 g/mol. The average Bonchev–Trinajstić information content (AvgIpc) is 2.78. The van der Waals surface area contributed by atoms with Gasteiger partial charge in [0.05, 0.1) is 6.33 Å². The molecule has 1 heterocycles. The molecule has 1 aromatic rings. The maximum atomic E-state index is 11.4. The summed E-state index contributed by atoms with van der Waals surface area (Å²) in [7, 11) is 0. The molecule has 1 amide bonds. The van der Waals surface area contributed by atoms with Crippen molar-refractivity contribution >= 4 is 6.09 Å². The first kappa shape index (κ1) is 16.5. The van der Waals surface area contributed by atoms with E-state index in [1.165, 1.54) is 0 Å². The fourth-order valence-electron chi connectivity index (χ4n) is 1.72. The maximum Gasteiger partial charge on any atom is 0.407 e. The molecule has 6 nitrogen and oxygen atoms in total. The SMILES string of the molecule is CC(Cn1ccnc1)NCCCNC(=O)OC(C)(C)C. The van der Waals surface area contributed by atoms with Crippen molar-refractivity contribution in [3.63, 3.8) is 0 Å². The van der Waals surface area contributed by atoms with Gasteiger partial charge in [0, 0.05) is 31.5 Å². The average molecular weight is 282 g/mol. The van der Waals surface area contributed by atoms with Gasteiger partial charge >= 0.3 is 6.09 Å². The normalized spacial score (nSPS) is 13.0. The smallest absolute Gasteiger partial charge is 0.407 e. The van der Waals surface area contributed by atoms with Gasteiger partial charge in [0.2, 0.25) is 0 Å². The summed E-state index contributed by atoms with van der Waals surface area (Å²) in [6, 6.07) is 0.366. The van der Waals surface area contributed by atoms with Crippen LogP contribution in [0.15, 0.2) is 18.7 Å². The van der Waals surface area contributed by atoms with Gasteiger partial charge in [-0.15, -0.1) is 0 Å². The Morgan fingerprint density at radius 3 is 2.75 bits per heavy atom. The number of ether oxygens (including phenoxy) is 1. The number of carbonyl (C=O) groups is 1. The first-order valence-electron chi connectivity index (χ1n) is 7.03. The molecule has 0 radical (unpaired) electrons. The zero-order valence-electron chi connectivity index (χ0n) is 12.8. The van der Waals surface area contributed by atoms with Gasteiger partial charge in [-0.25, -0.2) is 9.78 Å². The highest BCUT2D eigenvalue weighted by atomic mass is 16.6. The Bertz CT molecular complexity index is 384. The third-order valence-electron chi connectivity index (χ3n) is 2.56. The molecule has 0 aliphatic carbocycles. The van der Waals surface area contributed by atoms with Crippen LogP contribution in [0.5, 0.6) is 0 Å². The van der Waals surface area contributed by atoms with E-state index >= 15 is 0 Å². The number of carbonyl (C=O) groups excluding carboxylic acids is 1. The van der Waals surface area contributed by atoms with Crippen molar-refractivity contribution in [2.75, 3.05) is 13.1 Å². The minimum atomic E-state index is -0.443. The Morgan fingerprint density at radius 1 is 1.40 bits per heavy atom. The van der Waals surface area contributed by atoms with E-state index in [0.29, 0.717) is 12.6 Å². The van der Waals surface area contributed by atoms with Crippen molar-refractivity contribution in [3.05, 3.63) is 18.7 Å². The third-order valence-corrected chi connectivity index (χ3v) is 2.56. The van der Waals surface area contributed by atoms with Crippen LogP contribution in [0.25, 0.3) is 0 Å². The first-order valence-corrected chi connectivity index (χ1v) is 7.03. The third kappa shape index (κ3) is 7.78. The number of nitrogens with one attached hydrogen (secondary N) is 2. The Hall–Kier alpha value is -1.56. The highest BCUT2D eigenvalue weighted by Crippen LogP contribution is 2.06. The van der Waals surface area contributed by atoms with Crippen LogP contribution in [0.3, 0.4) is 0 Å². The van der Waals surface area contributed by atoms with Crippen LogP contribution in [-0.4, -0.2) is 40.4 Å². The number of rotatable bonds is 7. The van der Waals surface area contributed by atoms with Crippen LogP contribution < -0.4 is 10.6 Å². The molecule has 0 fully saturated rings. The summed E-state index contributed by atoms with van der Waals surface area (Å²) in [5.41, 5.74) is -0.443. The van der Waals surface area contributed by atoms with E-state index in [9.17, 15) is 4.79 Å². The zero-order valence-corrected chi connectivity index (χ0v) is 12.8. The van der Waals surface area contributed by atoms with E-state index < -0.39 is 5.60 Å². The Balaban J connectivity index is 2.03. The van der Waals surface area contributed by atoms with Crippen LogP contribution in [0.2, 0.25) is 0 Å². The standard InChI is InChI=1S/C14H26N4O2/c1-12(10-18-9-8-15-11-18)16-6-5-7-17-13(19)20-14(2,3)4/h8-9,11-12,16H,5-7,10H2,1-4H3,(H,17,19). The molecule has 20 heavy (non-hydrogen) atoms. The van der Waals surface area contributed by atoms with Crippen LogP contribution in [0.1, 0.15) is 34.1 Å². The van der Waals surface area contributed by atoms with Crippen LogP contribution >= 0.6 is 0 Å². The van der Waals surface area contributed by atoms with Crippen molar-refractivity contribution < 1.29 is 9.53 Å². The van der Waals surface area contributed by atoms with Crippen molar-refractivity contribution in [2.24, 2.45) is 0 Å². The van der Waals surface area contributed by atoms with Gasteiger partial charge in [-0.3, -0.25) is 0 Å². The molecule has 0 aliphatic heterocycles. The molecule has 1 atom stereocenters. The number of alkyl carbamates (subject to hydrolysis) is 1. The van der Waals surface area contributed by atoms with E-state index in [2.05, 4.69) is 22.5 Å². The summed E-state index contributed by atoms with van der Waals surface area (Å²) in [6.07, 6.45) is 6.04. The second-order valence-corrected chi connectivity index (χ2v) is 5.90. The van der Waals surface area contributed by atoms with Crippen LogP contribution in [0.4, 0.5) is 4.79 Å². The first-order chi connectivity index (χ1) is 9.37. The molecule has 1 unspecified atom stereocenters. The van der Waals surface area contributed by atoms with Crippen molar-refractivity contribution in [2.45, 2.75) is 52.3 Å². The van der Waals surface area contributed by atoms with Crippen molar-refractivity contribution in [1.82, 2.24) is 20.2 Å². The molecule has 6 heteroatoms. The lowest BCUT2D eigenvalue weighted by Gasteiger charge is -2.19. The summed E-state index contributed by atoms with van der Waals surface area (Å²) in [5.74, 6) is 0. The number of imidazole rings is 1. The lowest BCUT2D eigenvalue weighted by atomic mass is 10.2. The molecule has 1 aromatic heterocycles. The summed E-state index contributed by atoms with van der Waals surface area (Å²) in [5, 5.41) is 6.14. The fraction of sp³-hybridized carbons (Fsp3) is 0.714. The van der Waals surface area contributed by atoms with Gasteiger partial charge in [-0.1, -0.05) is 0 Å². The van der Waals surface area contributed by atoms with E-state index in [1.54, 1.807) is 6.20 Å². The van der Waals surface area contributed by atoms with Crippen LogP contribution in [-0.2, 0) is 11.3 Å². The van der Waals surface area contributed by atoms with E-state index in [1.807, 2.05) is 37.9 Å². The summed E-state index contributed by atoms with van der Waals surface area (Å²) in [6.45, 7) is 10.0. The van der Waals surface area contributed by atoms with E-state index in [0.717, 1.165) is 19.5 Å². The monoisotopic (exact) mass is 282 g/mol. The lowest BCUT2D eigenvalue weighted by molar-refractivity contribution is 0.0527. The molecule has 0 bridgehead atoms. The number of hydrogen-bond acceptors (Lipinski definition) is 4. The number of aromatic nitrogens is 2. The highest BCUT2D eigenvalue weighted by molar-refractivity contribution is 5.67. The summed E-state index contributed by atoms with van der Waals surface area (Å²) in [4.78, 5) is 15.4. The molecule has 2 N–H and O–H groups in total. The van der Waals surface area contributed by atoms with E-state index in [-0.39, 0.29) is 6.09 Å². The lowest BCUT2D eigenvalue weighted by Crippen LogP contribution is -2.35. The second kappa shape index (κ2) is 7.89. The number of hydrogen-bond donors (Lipinski definition) is 2. The number of nitrogens with zero attached hydrogens (tertiary/aromatic N) is 2. The Morgan fingerprint density at radius 2 is 2.15 bits per heavy atom.